The molecule has 0 saturated carbocycles. The molecular weight excluding hydrogens is 202 g/mol. The van der Waals surface area contributed by atoms with Gasteiger partial charge < -0.3 is 10.0 Å². The van der Waals surface area contributed by atoms with Crippen LogP contribution in [0.25, 0.3) is 0 Å². The van der Waals surface area contributed by atoms with Crippen LogP contribution in [0.2, 0.25) is 0 Å². The van der Waals surface area contributed by atoms with Crippen LogP contribution in [0, 0.1) is 13.8 Å². The number of hydrogen-bond acceptors (Lipinski definition) is 2. The predicted octanol–water partition coefficient (Wildman–Crippen LogP) is 2.03. The second kappa shape index (κ2) is 5.12. The van der Waals surface area contributed by atoms with Crippen molar-refractivity contribution in [3.8, 4) is 0 Å². The zero-order valence-corrected chi connectivity index (χ0v) is 10.3. The van der Waals surface area contributed by atoms with Crippen molar-refractivity contribution in [2.45, 2.75) is 19.8 Å². The molecule has 0 radical (unpaired) electrons. The van der Waals surface area contributed by atoms with Gasteiger partial charge in [-0.2, -0.15) is 0 Å². The lowest BCUT2D eigenvalue weighted by atomic mass is 9.93. The van der Waals surface area contributed by atoms with Gasteiger partial charge in [0.1, 0.15) is 0 Å². The van der Waals surface area contributed by atoms with Crippen LogP contribution >= 0.6 is 0 Å². The molecule has 0 bridgehead atoms. The second-order valence-corrected chi connectivity index (χ2v) is 4.51. The zero-order chi connectivity index (χ0) is 12.3. The molecule has 0 aliphatic rings. The Morgan fingerprint density at radius 2 is 2.00 bits per heavy atom. The van der Waals surface area contributed by atoms with E-state index < -0.39 is 11.9 Å². The topological polar surface area (TPSA) is 40.5 Å². The van der Waals surface area contributed by atoms with Gasteiger partial charge in [-0.25, -0.2) is 0 Å². The van der Waals surface area contributed by atoms with E-state index in [2.05, 4.69) is 0 Å². The van der Waals surface area contributed by atoms with Gasteiger partial charge in [0.05, 0.1) is 5.92 Å². The molecule has 0 aliphatic heterocycles. The van der Waals surface area contributed by atoms with Crippen LogP contribution in [-0.4, -0.2) is 36.6 Å². The predicted molar refractivity (Wildman–Crippen MR) is 64.8 cm³/mol. The molecule has 16 heavy (non-hydrogen) atoms. The van der Waals surface area contributed by atoms with Gasteiger partial charge in [-0.15, -0.1) is 0 Å². The van der Waals surface area contributed by atoms with E-state index in [1.807, 2.05) is 51.0 Å². The molecule has 1 aromatic carbocycles. The van der Waals surface area contributed by atoms with Crippen LogP contribution in [0.15, 0.2) is 18.2 Å². The summed E-state index contributed by atoms with van der Waals surface area (Å²) in [4.78, 5) is 13.1. The first kappa shape index (κ1) is 12.7. The molecule has 0 spiro atoms. The smallest absolute Gasteiger partial charge is 0.312 e. The van der Waals surface area contributed by atoms with Gasteiger partial charge in [-0.05, 0) is 39.1 Å². The van der Waals surface area contributed by atoms with E-state index in [1.165, 1.54) is 0 Å². The van der Waals surface area contributed by atoms with Crippen molar-refractivity contribution >= 4 is 5.97 Å². The molecule has 0 heterocycles. The molecule has 88 valence electrons. The Bertz CT molecular complexity index is 386. The molecule has 0 aromatic heterocycles. The van der Waals surface area contributed by atoms with Gasteiger partial charge in [0.25, 0.3) is 0 Å². The first-order chi connectivity index (χ1) is 7.41. The normalized spacial score (nSPS) is 12.8. The molecule has 1 N–H and O–H groups in total. The van der Waals surface area contributed by atoms with Gasteiger partial charge in [-0.3, -0.25) is 4.79 Å². The lowest BCUT2D eigenvalue weighted by Crippen LogP contribution is -2.26. The van der Waals surface area contributed by atoms with E-state index in [-0.39, 0.29) is 0 Å². The molecule has 1 aromatic rings. The van der Waals surface area contributed by atoms with E-state index in [1.54, 1.807) is 0 Å². The van der Waals surface area contributed by atoms with E-state index in [4.69, 9.17) is 0 Å². The van der Waals surface area contributed by atoms with Crippen LogP contribution in [0.5, 0.6) is 0 Å². The quantitative estimate of drug-likeness (QED) is 0.845. The van der Waals surface area contributed by atoms with Crippen molar-refractivity contribution < 1.29 is 9.90 Å². The van der Waals surface area contributed by atoms with Crippen molar-refractivity contribution in [2.75, 3.05) is 20.6 Å². The summed E-state index contributed by atoms with van der Waals surface area (Å²) in [6, 6.07) is 5.92. The number of hydrogen-bond donors (Lipinski definition) is 1. The lowest BCUT2D eigenvalue weighted by molar-refractivity contribution is -0.139. The third-order valence-electron chi connectivity index (χ3n) is 2.65. The number of carbonyl (C=O) groups is 1. The minimum atomic E-state index is -0.763. The summed E-state index contributed by atoms with van der Waals surface area (Å²) >= 11 is 0. The maximum absolute atomic E-state index is 11.2. The SMILES string of the molecule is Cc1ccc(C(CN(C)C)C(=O)O)c(C)c1. The maximum atomic E-state index is 11.2. The van der Waals surface area contributed by atoms with E-state index in [9.17, 15) is 9.90 Å². The molecule has 3 nitrogen and oxygen atoms in total. The second-order valence-electron chi connectivity index (χ2n) is 4.51. The van der Waals surface area contributed by atoms with Gasteiger partial charge in [0, 0.05) is 6.54 Å². The highest BCUT2D eigenvalue weighted by atomic mass is 16.4. The highest BCUT2D eigenvalue weighted by molar-refractivity contribution is 5.77. The van der Waals surface area contributed by atoms with Crippen molar-refractivity contribution in [3.05, 3.63) is 34.9 Å². The van der Waals surface area contributed by atoms with E-state index in [0.29, 0.717) is 6.54 Å². The molecular formula is C13H19NO2. The fourth-order valence-corrected chi connectivity index (χ4v) is 1.89. The highest BCUT2D eigenvalue weighted by Gasteiger charge is 2.22. The number of aliphatic carboxylic acids is 1. The minimum absolute atomic E-state index is 0.449. The van der Waals surface area contributed by atoms with Crippen LogP contribution in [0.3, 0.4) is 0 Å². The molecule has 0 aliphatic carbocycles. The Balaban J connectivity index is 3.06. The van der Waals surface area contributed by atoms with E-state index >= 15 is 0 Å². The minimum Gasteiger partial charge on any atom is -0.481 e. The summed E-state index contributed by atoms with van der Waals surface area (Å²) < 4.78 is 0. The summed E-state index contributed by atoms with van der Waals surface area (Å²) in [6.45, 7) is 4.51. The Kier molecular flexibility index (Phi) is 4.07. The zero-order valence-electron chi connectivity index (χ0n) is 10.3. The van der Waals surface area contributed by atoms with Crippen LogP contribution < -0.4 is 0 Å². The number of aryl methyl sites for hydroxylation is 2. The van der Waals surface area contributed by atoms with Crippen molar-refractivity contribution in [1.29, 1.82) is 0 Å². The molecule has 3 heteroatoms. The van der Waals surface area contributed by atoms with Crippen molar-refractivity contribution in [2.24, 2.45) is 0 Å². The number of carboxylic acid groups (broad SMARTS) is 1. The third kappa shape index (κ3) is 3.07. The number of carboxylic acids is 1. The first-order valence-electron chi connectivity index (χ1n) is 5.36. The molecule has 0 fully saturated rings. The molecule has 1 atom stereocenters. The first-order valence-corrected chi connectivity index (χ1v) is 5.36. The van der Waals surface area contributed by atoms with Crippen molar-refractivity contribution in [1.82, 2.24) is 4.90 Å². The van der Waals surface area contributed by atoms with E-state index in [0.717, 1.165) is 16.7 Å². The average molecular weight is 221 g/mol. The van der Waals surface area contributed by atoms with Crippen LogP contribution in [-0.2, 0) is 4.79 Å². The third-order valence-corrected chi connectivity index (χ3v) is 2.65. The Labute approximate surface area is 96.7 Å². The number of rotatable bonds is 4. The largest absolute Gasteiger partial charge is 0.481 e. The highest BCUT2D eigenvalue weighted by Crippen LogP contribution is 2.22. The van der Waals surface area contributed by atoms with Gasteiger partial charge in [0.2, 0.25) is 0 Å². The van der Waals surface area contributed by atoms with Gasteiger partial charge in [0.15, 0.2) is 0 Å². The monoisotopic (exact) mass is 221 g/mol. The standard InChI is InChI=1S/C13H19NO2/c1-9-5-6-11(10(2)7-9)12(13(15)16)8-14(3)4/h5-7,12H,8H2,1-4H3,(H,15,16). The Morgan fingerprint density at radius 3 is 2.44 bits per heavy atom. The molecule has 0 amide bonds. The summed E-state index contributed by atoms with van der Waals surface area (Å²) in [6.07, 6.45) is 0. The maximum Gasteiger partial charge on any atom is 0.312 e. The average Bonchev–Trinajstić information content (AvgIpc) is 2.14. The summed E-state index contributed by atoms with van der Waals surface area (Å²) in [5, 5.41) is 9.24. The number of benzene rings is 1. The van der Waals surface area contributed by atoms with Crippen LogP contribution in [0.4, 0.5) is 0 Å². The molecule has 1 unspecified atom stereocenters. The Hall–Kier alpha value is -1.35. The lowest BCUT2D eigenvalue weighted by Gasteiger charge is -2.19. The fourth-order valence-electron chi connectivity index (χ4n) is 1.89. The summed E-state index contributed by atoms with van der Waals surface area (Å²) in [5.74, 6) is -1.21. The van der Waals surface area contributed by atoms with Crippen molar-refractivity contribution in [3.63, 3.8) is 0 Å². The molecule has 0 saturated heterocycles. The number of nitrogens with zero attached hydrogens (tertiary/aromatic N) is 1. The van der Waals surface area contributed by atoms with Gasteiger partial charge >= 0.3 is 5.97 Å². The summed E-state index contributed by atoms with van der Waals surface area (Å²) in [5.41, 5.74) is 3.12. The Morgan fingerprint density at radius 1 is 1.38 bits per heavy atom. The molecule has 1 rings (SSSR count). The van der Waals surface area contributed by atoms with Gasteiger partial charge in [-0.1, -0.05) is 23.8 Å². The van der Waals surface area contributed by atoms with Crippen LogP contribution in [0.1, 0.15) is 22.6 Å². The summed E-state index contributed by atoms with van der Waals surface area (Å²) in [7, 11) is 3.78. The number of likely N-dealkylation sites (N-methyl/N-ethyl adjacent to an activating group) is 1. The fraction of sp³-hybridized carbons (Fsp3) is 0.462.